The summed E-state index contributed by atoms with van der Waals surface area (Å²) in [6, 6.07) is 0. The molecule has 102 valence electrons. The molecule has 0 aromatic heterocycles. The highest BCUT2D eigenvalue weighted by Gasteiger charge is 2.66. The fourth-order valence-corrected chi connectivity index (χ4v) is 4.74. The van der Waals surface area contributed by atoms with Crippen LogP contribution in [0.15, 0.2) is 24.3 Å². The van der Waals surface area contributed by atoms with E-state index < -0.39 is 0 Å². The average molecular weight is 260 g/mol. The third-order valence-corrected chi connectivity index (χ3v) is 5.22. The lowest BCUT2D eigenvalue weighted by atomic mass is 9.70. The summed E-state index contributed by atoms with van der Waals surface area (Å²) in [6.07, 6.45) is 5.17. The SMILES string of the molecule is C=C1C[C@@H](OC(C)=O)[C@@H]2[C@@H]3C(=O)C=C[C@]12CC3(C)C. The molecule has 0 radical (unpaired) electrons. The predicted molar refractivity (Wildman–Crippen MR) is 71.3 cm³/mol. The van der Waals surface area contributed by atoms with Crippen molar-refractivity contribution in [2.75, 3.05) is 0 Å². The van der Waals surface area contributed by atoms with Gasteiger partial charge in [0.05, 0.1) is 0 Å². The second-order valence-electron chi connectivity index (χ2n) is 6.90. The summed E-state index contributed by atoms with van der Waals surface area (Å²) in [5.74, 6) is -0.0680. The van der Waals surface area contributed by atoms with E-state index in [0.717, 1.165) is 12.0 Å². The molecule has 0 aromatic rings. The Morgan fingerprint density at radius 2 is 2.16 bits per heavy atom. The number of allylic oxidation sites excluding steroid dienone is 2. The second-order valence-corrected chi connectivity index (χ2v) is 6.90. The van der Waals surface area contributed by atoms with Crippen molar-refractivity contribution in [3.05, 3.63) is 24.3 Å². The van der Waals surface area contributed by atoms with Crippen LogP contribution in [-0.2, 0) is 14.3 Å². The summed E-state index contributed by atoms with van der Waals surface area (Å²) < 4.78 is 5.48. The summed E-state index contributed by atoms with van der Waals surface area (Å²) in [4.78, 5) is 23.6. The number of esters is 1. The van der Waals surface area contributed by atoms with Crippen molar-refractivity contribution in [2.45, 2.75) is 39.7 Å². The highest BCUT2D eigenvalue weighted by molar-refractivity contribution is 5.95. The summed E-state index contributed by atoms with van der Waals surface area (Å²) in [5, 5.41) is 0. The van der Waals surface area contributed by atoms with Gasteiger partial charge in [-0.05, 0) is 17.9 Å². The first-order valence-electron chi connectivity index (χ1n) is 6.86. The molecular formula is C16H20O3. The summed E-state index contributed by atoms with van der Waals surface area (Å²) in [7, 11) is 0. The molecule has 0 aromatic carbocycles. The number of hydrogen-bond acceptors (Lipinski definition) is 3. The minimum Gasteiger partial charge on any atom is -0.462 e. The largest absolute Gasteiger partial charge is 0.462 e. The standard InChI is InChI=1S/C16H20O3/c1-9-7-12(19-10(2)17)14-13-11(18)5-6-16(9,14)8-15(13,3)4/h5-6,12-14H,1,7-8H2,2-4H3/t12-,13+,14-,16+/m1/s1. The van der Waals surface area contributed by atoms with Crippen LogP contribution in [0.2, 0.25) is 0 Å². The van der Waals surface area contributed by atoms with E-state index in [-0.39, 0.29) is 40.5 Å². The van der Waals surface area contributed by atoms with Crippen LogP contribution in [0.25, 0.3) is 0 Å². The number of carbonyl (C=O) groups excluding carboxylic acids is 2. The van der Waals surface area contributed by atoms with Gasteiger partial charge >= 0.3 is 5.97 Å². The first-order valence-corrected chi connectivity index (χ1v) is 6.86. The first-order chi connectivity index (χ1) is 8.78. The zero-order valence-corrected chi connectivity index (χ0v) is 11.7. The Hall–Kier alpha value is -1.38. The monoisotopic (exact) mass is 260 g/mol. The molecule has 0 spiro atoms. The Morgan fingerprint density at radius 3 is 2.79 bits per heavy atom. The van der Waals surface area contributed by atoms with Crippen LogP contribution in [0, 0.1) is 22.7 Å². The van der Waals surface area contributed by atoms with Crippen LogP contribution in [0.3, 0.4) is 0 Å². The zero-order valence-electron chi connectivity index (χ0n) is 11.7. The Labute approximate surface area is 113 Å². The quantitative estimate of drug-likeness (QED) is 0.538. The molecule has 3 aliphatic carbocycles. The molecule has 2 fully saturated rings. The average Bonchev–Trinajstić information content (AvgIpc) is 2.62. The highest BCUT2D eigenvalue weighted by atomic mass is 16.5. The maximum atomic E-state index is 12.3. The maximum absolute atomic E-state index is 12.3. The van der Waals surface area contributed by atoms with Gasteiger partial charge in [-0.15, -0.1) is 0 Å². The smallest absolute Gasteiger partial charge is 0.302 e. The van der Waals surface area contributed by atoms with Gasteiger partial charge in [-0.25, -0.2) is 0 Å². The molecule has 0 N–H and O–H groups in total. The van der Waals surface area contributed by atoms with Crippen molar-refractivity contribution in [1.82, 2.24) is 0 Å². The van der Waals surface area contributed by atoms with Gasteiger partial charge in [-0.1, -0.05) is 32.1 Å². The van der Waals surface area contributed by atoms with Crippen molar-refractivity contribution in [3.8, 4) is 0 Å². The van der Waals surface area contributed by atoms with E-state index in [2.05, 4.69) is 20.4 Å². The van der Waals surface area contributed by atoms with Gasteiger partial charge in [-0.2, -0.15) is 0 Å². The zero-order chi connectivity index (χ0) is 14.0. The molecule has 0 heterocycles. The molecular weight excluding hydrogens is 240 g/mol. The van der Waals surface area contributed by atoms with Crippen LogP contribution >= 0.6 is 0 Å². The molecule has 4 atom stereocenters. The first kappa shape index (κ1) is 12.6. The van der Waals surface area contributed by atoms with E-state index in [1.165, 1.54) is 6.92 Å². The minimum atomic E-state index is -0.269. The number of ether oxygens (including phenoxy) is 1. The Balaban J connectivity index is 2.09. The number of ketones is 1. The molecule has 0 saturated heterocycles. The Kier molecular flexibility index (Phi) is 2.39. The lowest BCUT2D eigenvalue weighted by molar-refractivity contribution is -0.151. The van der Waals surface area contributed by atoms with E-state index in [4.69, 9.17) is 4.74 Å². The van der Waals surface area contributed by atoms with E-state index in [9.17, 15) is 9.59 Å². The molecule has 3 aliphatic rings. The molecule has 0 aliphatic heterocycles. The van der Waals surface area contributed by atoms with Gasteiger partial charge in [-0.3, -0.25) is 9.59 Å². The molecule has 0 amide bonds. The lowest BCUT2D eigenvalue weighted by Gasteiger charge is -2.34. The van der Waals surface area contributed by atoms with Gasteiger partial charge in [0, 0.05) is 30.6 Å². The summed E-state index contributed by atoms with van der Waals surface area (Å²) in [6.45, 7) is 9.91. The van der Waals surface area contributed by atoms with Crippen LogP contribution in [-0.4, -0.2) is 17.9 Å². The van der Waals surface area contributed by atoms with Crippen LogP contribution in [0.4, 0.5) is 0 Å². The molecule has 0 unspecified atom stereocenters. The van der Waals surface area contributed by atoms with Gasteiger partial charge in [0.15, 0.2) is 5.78 Å². The van der Waals surface area contributed by atoms with E-state index >= 15 is 0 Å². The van der Waals surface area contributed by atoms with Crippen molar-refractivity contribution in [3.63, 3.8) is 0 Å². The van der Waals surface area contributed by atoms with Crippen molar-refractivity contribution < 1.29 is 14.3 Å². The number of carbonyl (C=O) groups is 2. The van der Waals surface area contributed by atoms with Crippen molar-refractivity contribution in [1.29, 1.82) is 0 Å². The molecule has 3 heteroatoms. The highest BCUT2D eigenvalue weighted by Crippen LogP contribution is 2.68. The molecule has 2 bridgehead atoms. The Bertz CT molecular complexity index is 514. The van der Waals surface area contributed by atoms with Crippen LogP contribution in [0.5, 0.6) is 0 Å². The summed E-state index contributed by atoms with van der Waals surface area (Å²) >= 11 is 0. The number of rotatable bonds is 1. The second kappa shape index (κ2) is 3.59. The number of hydrogen-bond donors (Lipinski definition) is 0. The molecule has 2 saturated carbocycles. The van der Waals surface area contributed by atoms with Gasteiger partial charge in [0.25, 0.3) is 0 Å². The summed E-state index contributed by atoms with van der Waals surface area (Å²) in [5.41, 5.74) is 0.915. The fraction of sp³-hybridized carbons (Fsp3) is 0.625. The van der Waals surface area contributed by atoms with Crippen LogP contribution < -0.4 is 0 Å². The predicted octanol–water partition coefficient (Wildman–Crippen LogP) is 2.67. The molecule has 3 nitrogen and oxygen atoms in total. The molecule has 19 heavy (non-hydrogen) atoms. The molecule has 3 rings (SSSR count). The Morgan fingerprint density at radius 1 is 1.47 bits per heavy atom. The van der Waals surface area contributed by atoms with E-state index in [0.29, 0.717) is 6.42 Å². The third kappa shape index (κ3) is 1.50. The lowest BCUT2D eigenvalue weighted by Crippen LogP contribution is -2.39. The van der Waals surface area contributed by atoms with Crippen molar-refractivity contribution in [2.24, 2.45) is 22.7 Å². The van der Waals surface area contributed by atoms with Crippen molar-refractivity contribution >= 4 is 11.8 Å². The third-order valence-electron chi connectivity index (χ3n) is 5.22. The van der Waals surface area contributed by atoms with E-state index in [1.807, 2.05) is 6.08 Å². The van der Waals surface area contributed by atoms with Gasteiger partial charge in [0.1, 0.15) is 6.10 Å². The van der Waals surface area contributed by atoms with Crippen LogP contribution in [0.1, 0.15) is 33.6 Å². The normalized spacial score (nSPS) is 42.4. The maximum Gasteiger partial charge on any atom is 0.302 e. The van der Waals surface area contributed by atoms with E-state index in [1.54, 1.807) is 6.08 Å². The topological polar surface area (TPSA) is 43.4 Å². The van der Waals surface area contributed by atoms with Gasteiger partial charge < -0.3 is 4.74 Å². The minimum absolute atomic E-state index is 0.0545. The fourth-order valence-electron chi connectivity index (χ4n) is 4.74. The van der Waals surface area contributed by atoms with Gasteiger partial charge in [0.2, 0.25) is 0 Å².